The second-order valence-electron chi connectivity index (χ2n) is 5.21. The summed E-state index contributed by atoms with van der Waals surface area (Å²) in [6, 6.07) is 0. The van der Waals surface area contributed by atoms with E-state index in [1.54, 1.807) is 0 Å². The van der Waals surface area contributed by atoms with Gasteiger partial charge in [0.15, 0.2) is 0 Å². The minimum absolute atomic E-state index is 0.163. The molecular formula is C14H32NO4P. The lowest BCUT2D eigenvalue weighted by molar-refractivity contribution is 0.193. The highest BCUT2D eigenvalue weighted by molar-refractivity contribution is 7.46. The van der Waals surface area contributed by atoms with Crippen molar-refractivity contribution in [3.05, 3.63) is 0 Å². The Balaban J connectivity index is 3.01. The Hall–Kier alpha value is 0.0700. The van der Waals surface area contributed by atoms with Crippen LogP contribution in [0, 0.1) is 0 Å². The molecule has 0 aromatic rings. The molecule has 0 unspecified atom stereocenters. The molecule has 0 aliphatic rings. The largest absolute Gasteiger partial charge is 0.469 e. The van der Waals surface area contributed by atoms with E-state index in [2.05, 4.69) is 16.8 Å². The smallest absolute Gasteiger partial charge is 0.317 e. The predicted molar refractivity (Wildman–Crippen MR) is 82.7 cm³/mol. The number of hydrogen-bond donors (Lipinski definition) is 3. The van der Waals surface area contributed by atoms with Crippen LogP contribution in [0.15, 0.2) is 0 Å². The van der Waals surface area contributed by atoms with Crippen molar-refractivity contribution in [1.29, 1.82) is 0 Å². The van der Waals surface area contributed by atoms with Gasteiger partial charge in [-0.3, -0.25) is 4.52 Å². The molecule has 6 heteroatoms. The van der Waals surface area contributed by atoms with Crippen molar-refractivity contribution >= 4 is 7.82 Å². The Bertz CT molecular complexity index is 245. The van der Waals surface area contributed by atoms with Gasteiger partial charge in [-0.2, -0.15) is 0 Å². The number of phosphoric ester groups is 1. The van der Waals surface area contributed by atoms with Crippen molar-refractivity contribution in [3.63, 3.8) is 0 Å². The number of unbranched alkanes of at least 4 members (excludes halogenated alkanes) is 9. The molecule has 0 aromatic carbocycles. The highest BCUT2D eigenvalue weighted by Gasteiger charge is 2.12. The van der Waals surface area contributed by atoms with Crippen molar-refractivity contribution in [2.75, 3.05) is 19.7 Å². The van der Waals surface area contributed by atoms with Crippen molar-refractivity contribution in [3.8, 4) is 0 Å². The van der Waals surface area contributed by atoms with Gasteiger partial charge in [0.25, 0.3) is 0 Å². The van der Waals surface area contributed by atoms with Crippen molar-refractivity contribution in [1.82, 2.24) is 5.32 Å². The molecule has 0 heterocycles. The average molecular weight is 309 g/mol. The topological polar surface area (TPSA) is 78.8 Å². The number of hydrogen-bond acceptors (Lipinski definition) is 3. The summed E-state index contributed by atoms with van der Waals surface area (Å²) < 4.78 is 14.8. The number of phosphoric acid groups is 1. The van der Waals surface area contributed by atoms with Gasteiger partial charge < -0.3 is 15.1 Å². The van der Waals surface area contributed by atoms with E-state index in [4.69, 9.17) is 9.79 Å². The van der Waals surface area contributed by atoms with E-state index in [1.807, 2.05) is 0 Å². The lowest BCUT2D eigenvalue weighted by Crippen LogP contribution is -2.13. The van der Waals surface area contributed by atoms with Gasteiger partial charge in [-0.1, -0.05) is 58.3 Å². The minimum Gasteiger partial charge on any atom is -0.317 e. The Morgan fingerprint density at radius 2 is 1.30 bits per heavy atom. The zero-order valence-electron chi connectivity index (χ0n) is 12.9. The Kier molecular flexibility index (Phi) is 14.1. The molecule has 122 valence electrons. The first kappa shape index (κ1) is 20.1. The molecule has 0 saturated carbocycles. The standard InChI is InChI=1S/C14H32NO4P/c1-2-15-13-11-9-7-5-3-4-6-8-10-12-14-19-20(16,17)18/h15H,2-14H2,1H3,(H2,16,17,18). The maximum Gasteiger partial charge on any atom is 0.469 e. The molecule has 0 aliphatic carbocycles. The molecule has 20 heavy (non-hydrogen) atoms. The lowest BCUT2D eigenvalue weighted by atomic mass is 10.1. The maximum absolute atomic E-state index is 10.4. The third-order valence-electron chi connectivity index (χ3n) is 3.26. The van der Waals surface area contributed by atoms with E-state index in [1.165, 1.54) is 44.9 Å². The molecule has 0 bridgehead atoms. The first-order valence-corrected chi connectivity index (χ1v) is 9.50. The van der Waals surface area contributed by atoms with Gasteiger partial charge in [-0.15, -0.1) is 0 Å². The summed E-state index contributed by atoms with van der Waals surface area (Å²) >= 11 is 0. The molecule has 0 radical (unpaired) electrons. The van der Waals surface area contributed by atoms with Crippen LogP contribution in [0.1, 0.15) is 71.1 Å². The van der Waals surface area contributed by atoms with Crippen LogP contribution in [-0.4, -0.2) is 29.5 Å². The molecule has 5 nitrogen and oxygen atoms in total. The predicted octanol–water partition coefficient (Wildman–Crippen LogP) is 3.61. The third-order valence-corrected chi connectivity index (χ3v) is 3.78. The van der Waals surface area contributed by atoms with E-state index in [-0.39, 0.29) is 6.61 Å². The summed E-state index contributed by atoms with van der Waals surface area (Å²) in [5, 5.41) is 3.33. The summed E-state index contributed by atoms with van der Waals surface area (Å²) in [7, 11) is -4.25. The van der Waals surface area contributed by atoms with Gasteiger partial charge in [0.1, 0.15) is 0 Å². The molecule has 0 aliphatic heterocycles. The minimum atomic E-state index is -4.25. The summed E-state index contributed by atoms with van der Waals surface area (Å²) in [6.07, 6.45) is 11.9. The van der Waals surface area contributed by atoms with Crippen LogP contribution in [-0.2, 0) is 9.09 Å². The summed E-state index contributed by atoms with van der Waals surface area (Å²) in [4.78, 5) is 17.0. The van der Waals surface area contributed by atoms with Gasteiger partial charge in [-0.25, -0.2) is 4.57 Å². The zero-order chi connectivity index (χ0) is 15.1. The van der Waals surface area contributed by atoms with Crippen LogP contribution in [0.4, 0.5) is 0 Å². The fraction of sp³-hybridized carbons (Fsp3) is 1.00. The van der Waals surface area contributed by atoms with Crippen molar-refractivity contribution in [2.45, 2.75) is 71.1 Å². The summed E-state index contributed by atoms with van der Waals surface area (Å²) in [5.41, 5.74) is 0. The molecule has 0 rings (SSSR count). The van der Waals surface area contributed by atoms with Crippen LogP contribution < -0.4 is 5.32 Å². The van der Waals surface area contributed by atoms with Crippen LogP contribution in [0.25, 0.3) is 0 Å². The molecule has 0 fully saturated rings. The average Bonchev–Trinajstić information content (AvgIpc) is 2.38. The van der Waals surface area contributed by atoms with Gasteiger partial charge in [0, 0.05) is 0 Å². The first-order valence-electron chi connectivity index (χ1n) is 7.97. The van der Waals surface area contributed by atoms with Gasteiger partial charge >= 0.3 is 7.82 Å². The summed E-state index contributed by atoms with van der Waals surface area (Å²) in [5.74, 6) is 0. The molecule has 0 saturated heterocycles. The third kappa shape index (κ3) is 18.1. The Morgan fingerprint density at radius 3 is 1.75 bits per heavy atom. The van der Waals surface area contributed by atoms with E-state index < -0.39 is 7.82 Å². The van der Waals surface area contributed by atoms with E-state index >= 15 is 0 Å². The fourth-order valence-corrected chi connectivity index (χ4v) is 2.49. The van der Waals surface area contributed by atoms with Gasteiger partial charge in [-0.05, 0) is 25.9 Å². The van der Waals surface area contributed by atoms with Crippen LogP contribution in [0.3, 0.4) is 0 Å². The van der Waals surface area contributed by atoms with Crippen LogP contribution in [0.5, 0.6) is 0 Å². The van der Waals surface area contributed by atoms with Crippen LogP contribution in [0.2, 0.25) is 0 Å². The monoisotopic (exact) mass is 309 g/mol. The van der Waals surface area contributed by atoms with E-state index in [9.17, 15) is 4.57 Å². The number of nitrogens with one attached hydrogen (secondary N) is 1. The van der Waals surface area contributed by atoms with E-state index in [0.717, 1.165) is 32.4 Å². The normalized spacial score (nSPS) is 11.9. The maximum atomic E-state index is 10.4. The Labute approximate surface area is 123 Å². The molecular weight excluding hydrogens is 277 g/mol. The second kappa shape index (κ2) is 14.0. The fourth-order valence-electron chi connectivity index (χ4n) is 2.13. The SMILES string of the molecule is CCNCCCCCCCCCCCCOP(=O)(O)O. The summed E-state index contributed by atoms with van der Waals surface area (Å²) in [6.45, 7) is 4.51. The highest BCUT2D eigenvalue weighted by Crippen LogP contribution is 2.35. The molecule has 0 spiro atoms. The second-order valence-corrected chi connectivity index (χ2v) is 6.45. The molecule has 0 amide bonds. The van der Waals surface area contributed by atoms with E-state index in [0.29, 0.717) is 0 Å². The number of rotatable bonds is 15. The molecule has 0 aromatic heterocycles. The molecule has 0 atom stereocenters. The van der Waals surface area contributed by atoms with Gasteiger partial charge in [0.2, 0.25) is 0 Å². The van der Waals surface area contributed by atoms with Gasteiger partial charge in [0.05, 0.1) is 6.61 Å². The van der Waals surface area contributed by atoms with Crippen LogP contribution >= 0.6 is 7.82 Å². The van der Waals surface area contributed by atoms with Crippen molar-refractivity contribution < 1.29 is 18.9 Å². The van der Waals surface area contributed by atoms with Crippen molar-refractivity contribution in [2.24, 2.45) is 0 Å². The zero-order valence-corrected chi connectivity index (χ0v) is 13.7. The quantitative estimate of drug-likeness (QED) is 0.318. The Morgan fingerprint density at radius 1 is 0.850 bits per heavy atom. The highest BCUT2D eigenvalue weighted by atomic mass is 31.2. The first-order chi connectivity index (χ1) is 9.56. The lowest BCUT2D eigenvalue weighted by Gasteiger charge is -2.05. The molecule has 3 N–H and O–H groups in total.